The van der Waals surface area contributed by atoms with Crippen LogP contribution in [0.25, 0.3) is 0 Å². The monoisotopic (exact) mass is 229 g/mol. The van der Waals surface area contributed by atoms with Gasteiger partial charge in [0.15, 0.2) is 0 Å². The van der Waals surface area contributed by atoms with Gasteiger partial charge in [0.1, 0.15) is 10.0 Å². The minimum Gasteiger partial charge on any atom is -0.322 e. The van der Waals surface area contributed by atoms with Crippen LogP contribution in [0.1, 0.15) is 42.7 Å². The predicted octanol–water partition coefficient (Wildman–Crippen LogP) is 2.30. The Hall–Kier alpha value is -0.130. The van der Waals surface area contributed by atoms with Crippen molar-refractivity contribution in [2.75, 3.05) is 5.75 Å². The zero-order valence-corrected chi connectivity index (χ0v) is 10.1. The smallest absolute Gasteiger partial charge is 0.134 e. The van der Waals surface area contributed by atoms with Crippen LogP contribution in [0.5, 0.6) is 0 Å². The highest BCUT2D eigenvalue weighted by atomic mass is 32.2. The third kappa shape index (κ3) is 1.81. The van der Waals surface area contributed by atoms with Crippen LogP contribution in [0.3, 0.4) is 0 Å². The average Bonchev–Trinajstić information content (AvgIpc) is 2.71. The number of aromatic nitrogens is 2. The second-order valence-electron chi connectivity index (χ2n) is 3.92. The molecule has 5 heteroatoms. The minimum atomic E-state index is 0.0104. The molecule has 0 spiro atoms. The summed E-state index contributed by atoms with van der Waals surface area (Å²) in [6.45, 7) is 4.21. The molecule has 2 unspecified atom stereocenters. The van der Waals surface area contributed by atoms with E-state index in [4.69, 9.17) is 5.73 Å². The van der Waals surface area contributed by atoms with Gasteiger partial charge in [-0.1, -0.05) is 11.3 Å². The Morgan fingerprint density at radius 3 is 2.79 bits per heavy atom. The van der Waals surface area contributed by atoms with E-state index in [1.165, 1.54) is 18.6 Å². The van der Waals surface area contributed by atoms with Crippen LogP contribution in [0.2, 0.25) is 0 Å². The first-order valence-electron chi connectivity index (χ1n) is 4.85. The normalized spacial score (nSPS) is 29.4. The fourth-order valence-electron chi connectivity index (χ4n) is 1.58. The molecule has 0 amide bonds. The molecule has 1 aliphatic rings. The van der Waals surface area contributed by atoms with E-state index < -0.39 is 0 Å². The number of hydrogen-bond acceptors (Lipinski definition) is 5. The van der Waals surface area contributed by atoms with Crippen LogP contribution >= 0.6 is 23.1 Å². The maximum absolute atomic E-state index is 5.77. The molecule has 1 aromatic heterocycles. The van der Waals surface area contributed by atoms with Crippen LogP contribution in [0.4, 0.5) is 0 Å². The van der Waals surface area contributed by atoms with E-state index in [1.54, 1.807) is 11.3 Å². The molecule has 0 aliphatic carbocycles. The van der Waals surface area contributed by atoms with Gasteiger partial charge in [-0.15, -0.1) is 22.0 Å². The Balaban J connectivity index is 2.23. The Kier molecular flexibility index (Phi) is 2.81. The van der Waals surface area contributed by atoms with Crippen molar-refractivity contribution in [3.05, 3.63) is 10.0 Å². The summed E-state index contributed by atoms with van der Waals surface area (Å²) in [4.78, 5) is 0. The fraction of sp³-hybridized carbons (Fsp3) is 0.778. The third-order valence-electron chi connectivity index (χ3n) is 2.50. The largest absolute Gasteiger partial charge is 0.322 e. The van der Waals surface area contributed by atoms with E-state index in [9.17, 15) is 0 Å². The maximum atomic E-state index is 5.77. The molecule has 2 heterocycles. The Morgan fingerprint density at radius 1 is 1.50 bits per heavy atom. The Morgan fingerprint density at radius 2 is 2.29 bits per heavy atom. The zero-order valence-electron chi connectivity index (χ0n) is 8.49. The second-order valence-corrected chi connectivity index (χ2v) is 6.52. The molecule has 2 rings (SSSR count). The van der Waals surface area contributed by atoms with Gasteiger partial charge >= 0.3 is 0 Å². The van der Waals surface area contributed by atoms with Gasteiger partial charge in [0.05, 0.1) is 10.8 Å². The first-order valence-corrected chi connectivity index (χ1v) is 6.65. The maximum Gasteiger partial charge on any atom is 0.134 e. The fourth-order valence-corrected chi connectivity index (χ4v) is 3.94. The molecule has 14 heavy (non-hydrogen) atoms. The second kappa shape index (κ2) is 3.79. The van der Waals surface area contributed by atoms with Gasteiger partial charge in [0.25, 0.3) is 0 Å². The van der Waals surface area contributed by atoms with E-state index >= 15 is 0 Å². The van der Waals surface area contributed by atoms with E-state index in [-0.39, 0.29) is 10.8 Å². The third-order valence-corrected chi connectivity index (χ3v) is 5.55. The SMILES string of the molecule is CC(N)c1nnc(C2(C)CCCS2)s1. The summed E-state index contributed by atoms with van der Waals surface area (Å²) in [5.74, 6) is 1.24. The van der Waals surface area contributed by atoms with Crippen molar-refractivity contribution in [2.45, 2.75) is 37.5 Å². The predicted molar refractivity (Wildman–Crippen MR) is 61.6 cm³/mol. The van der Waals surface area contributed by atoms with Crippen molar-refractivity contribution in [1.82, 2.24) is 10.2 Å². The standard InChI is InChI=1S/C9H15N3S2/c1-6(10)7-11-12-8(14-7)9(2)4-3-5-13-9/h6H,3-5,10H2,1-2H3. The molecule has 2 atom stereocenters. The molecule has 1 aliphatic heterocycles. The van der Waals surface area contributed by atoms with Crippen molar-refractivity contribution in [1.29, 1.82) is 0 Å². The van der Waals surface area contributed by atoms with Crippen LogP contribution in [0.15, 0.2) is 0 Å². The molecule has 3 nitrogen and oxygen atoms in total. The Bertz CT molecular complexity index is 316. The van der Waals surface area contributed by atoms with Crippen LogP contribution in [-0.4, -0.2) is 16.0 Å². The van der Waals surface area contributed by atoms with E-state index in [2.05, 4.69) is 17.1 Å². The van der Waals surface area contributed by atoms with Gasteiger partial charge in [0.2, 0.25) is 0 Å². The summed E-state index contributed by atoms with van der Waals surface area (Å²) in [6, 6.07) is 0.0104. The first-order chi connectivity index (χ1) is 6.62. The van der Waals surface area contributed by atoms with Crippen molar-refractivity contribution >= 4 is 23.1 Å². The van der Waals surface area contributed by atoms with Gasteiger partial charge < -0.3 is 5.73 Å². The summed E-state index contributed by atoms with van der Waals surface area (Å²) in [5, 5.41) is 10.5. The van der Waals surface area contributed by atoms with Crippen molar-refractivity contribution in [2.24, 2.45) is 5.73 Å². The molecule has 1 saturated heterocycles. The molecule has 0 bridgehead atoms. The molecule has 0 saturated carbocycles. The topological polar surface area (TPSA) is 51.8 Å². The van der Waals surface area contributed by atoms with Crippen molar-refractivity contribution in [3.63, 3.8) is 0 Å². The molecular formula is C9H15N3S2. The summed E-state index contributed by atoms with van der Waals surface area (Å²) in [7, 11) is 0. The van der Waals surface area contributed by atoms with Gasteiger partial charge in [-0.3, -0.25) is 0 Å². The van der Waals surface area contributed by atoms with Gasteiger partial charge in [-0.2, -0.15) is 0 Å². The highest BCUT2D eigenvalue weighted by molar-refractivity contribution is 8.00. The molecule has 1 aromatic rings. The number of nitrogens with two attached hydrogens (primary N) is 1. The lowest BCUT2D eigenvalue weighted by atomic mass is 10.1. The summed E-state index contributed by atoms with van der Waals surface area (Å²) in [6.07, 6.45) is 2.50. The van der Waals surface area contributed by atoms with Crippen molar-refractivity contribution in [3.8, 4) is 0 Å². The minimum absolute atomic E-state index is 0.0104. The summed E-state index contributed by atoms with van der Waals surface area (Å²) >= 11 is 3.66. The molecule has 1 fully saturated rings. The number of rotatable bonds is 2. The summed E-state index contributed by atoms with van der Waals surface area (Å²) < 4.78 is 0.199. The number of thioether (sulfide) groups is 1. The lowest BCUT2D eigenvalue weighted by Gasteiger charge is -2.17. The highest BCUT2D eigenvalue weighted by Crippen LogP contribution is 2.47. The average molecular weight is 229 g/mol. The quantitative estimate of drug-likeness (QED) is 0.845. The molecule has 0 aromatic carbocycles. The molecule has 2 N–H and O–H groups in total. The van der Waals surface area contributed by atoms with Crippen LogP contribution in [0, 0.1) is 0 Å². The molecule has 78 valence electrons. The van der Waals surface area contributed by atoms with E-state index in [0.717, 1.165) is 10.0 Å². The lowest BCUT2D eigenvalue weighted by molar-refractivity contribution is 0.632. The van der Waals surface area contributed by atoms with Crippen LogP contribution < -0.4 is 5.73 Å². The first kappa shape index (κ1) is 10.4. The number of hydrogen-bond donors (Lipinski definition) is 1. The summed E-state index contributed by atoms with van der Waals surface area (Å²) in [5.41, 5.74) is 5.77. The molecule has 0 radical (unpaired) electrons. The van der Waals surface area contributed by atoms with Gasteiger partial charge in [-0.25, -0.2) is 0 Å². The van der Waals surface area contributed by atoms with Crippen LogP contribution in [-0.2, 0) is 4.75 Å². The lowest BCUT2D eigenvalue weighted by Crippen LogP contribution is -2.11. The van der Waals surface area contributed by atoms with Gasteiger partial charge in [0, 0.05) is 0 Å². The van der Waals surface area contributed by atoms with E-state index in [1.807, 2.05) is 18.7 Å². The van der Waals surface area contributed by atoms with E-state index in [0.29, 0.717) is 0 Å². The zero-order chi connectivity index (χ0) is 10.2. The Labute approximate surface area is 92.5 Å². The van der Waals surface area contributed by atoms with Crippen molar-refractivity contribution < 1.29 is 0 Å². The van der Waals surface area contributed by atoms with Gasteiger partial charge in [-0.05, 0) is 32.4 Å². The highest BCUT2D eigenvalue weighted by Gasteiger charge is 2.35. The number of nitrogens with zero attached hydrogens (tertiary/aromatic N) is 2. The molecular weight excluding hydrogens is 214 g/mol.